The van der Waals surface area contributed by atoms with Gasteiger partial charge in [0.25, 0.3) is 5.91 Å². The third-order valence-corrected chi connectivity index (χ3v) is 8.53. The van der Waals surface area contributed by atoms with Gasteiger partial charge in [-0.05, 0) is 97.5 Å². The van der Waals surface area contributed by atoms with E-state index in [0.29, 0.717) is 17.8 Å². The van der Waals surface area contributed by atoms with Crippen molar-refractivity contribution >= 4 is 21.6 Å². The fourth-order valence-corrected chi connectivity index (χ4v) is 6.20. The van der Waals surface area contributed by atoms with Crippen molar-refractivity contribution in [2.45, 2.75) is 50.6 Å². The number of fused-ring (bicyclic) bond motifs is 1. The largest absolute Gasteiger partial charge is 0.302 e. The molecule has 1 N–H and O–H groups in total. The first-order chi connectivity index (χ1) is 18.7. The lowest BCUT2D eigenvalue weighted by molar-refractivity contribution is 0.0984. The molecule has 0 bridgehead atoms. The Kier molecular flexibility index (Phi) is 7.59. The number of benzene rings is 3. The van der Waals surface area contributed by atoms with Gasteiger partial charge < -0.3 is 4.90 Å². The van der Waals surface area contributed by atoms with E-state index in [-0.39, 0.29) is 22.9 Å². The summed E-state index contributed by atoms with van der Waals surface area (Å²) in [5.41, 5.74) is 5.24. The van der Waals surface area contributed by atoms with E-state index in [1.807, 2.05) is 62.4 Å². The number of nitrogens with one attached hydrogen (secondary N) is 1. The van der Waals surface area contributed by atoms with Crippen LogP contribution in [0, 0.1) is 12.7 Å². The molecule has 5 rings (SSSR count). The van der Waals surface area contributed by atoms with Gasteiger partial charge in [0.05, 0.1) is 17.1 Å². The highest BCUT2D eigenvalue weighted by Crippen LogP contribution is 2.36. The maximum absolute atomic E-state index is 14.0. The minimum atomic E-state index is -3.74. The van der Waals surface area contributed by atoms with E-state index >= 15 is 0 Å². The third kappa shape index (κ3) is 5.92. The van der Waals surface area contributed by atoms with E-state index < -0.39 is 21.9 Å². The Hall–Kier alpha value is -3.88. The van der Waals surface area contributed by atoms with Crippen molar-refractivity contribution in [2.75, 3.05) is 4.90 Å². The molecule has 4 aromatic rings. The van der Waals surface area contributed by atoms with E-state index in [1.54, 1.807) is 23.1 Å². The lowest BCUT2D eigenvalue weighted by Crippen LogP contribution is -2.31. The summed E-state index contributed by atoms with van der Waals surface area (Å²) in [5, 5.41) is 0. The van der Waals surface area contributed by atoms with Gasteiger partial charge in [0.15, 0.2) is 0 Å². The molecule has 1 amide bonds. The number of nitrogens with zero attached hydrogens (tertiary/aromatic N) is 2. The van der Waals surface area contributed by atoms with Crippen LogP contribution in [-0.2, 0) is 29.4 Å². The number of pyridine rings is 1. The van der Waals surface area contributed by atoms with E-state index in [4.69, 9.17) is 0 Å². The second-order valence-electron chi connectivity index (χ2n) is 9.77. The van der Waals surface area contributed by atoms with Gasteiger partial charge in [-0.15, -0.1) is 0 Å². The molecule has 1 unspecified atom stereocenters. The fourth-order valence-electron chi connectivity index (χ4n) is 4.95. The Morgan fingerprint density at radius 1 is 1.03 bits per heavy atom. The molecule has 1 heterocycles. The van der Waals surface area contributed by atoms with Crippen LogP contribution in [0.2, 0.25) is 0 Å². The molecule has 6 nitrogen and oxygen atoms in total. The van der Waals surface area contributed by atoms with Crippen molar-refractivity contribution in [1.29, 1.82) is 0 Å². The predicted octanol–water partition coefficient (Wildman–Crippen LogP) is 5.90. The second kappa shape index (κ2) is 11.1. The molecule has 1 aliphatic carbocycles. The van der Waals surface area contributed by atoms with Gasteiger partial charge in [-0.3, -0.25) is 9.78 Å². The molecular formula is C31H30FN3O3S. The molecule has 0 saturated heterocycles. The number of sulfonamides is 1. The molecule has 0 aliphatic heterocycles. The summed E-state index contributed by atoms with van der Waals surface area (Å²) in [4.78, 5) is 20.0. The number of anilines is 1. The Morgan fingerprint density at radius 3 is 2.51 bits per heavy atom. The second-order valence-corrected chi connectivity index (χ2v) is 11.5. The summed E-state index contributed by atoms with van der Waals surface area (Å²) in [6.07, 6.45) is 2.16. The lowest BCUT2D eigenvalue weighted by atomic mass is 10.1. The molecule has 200 valence electrons. The van der Waals surface area contributed by atoms with Crippen LogP contribution in [0.3, 0.4) is 0 Å². The van der Waals surface area contributed by atoms with Gasteiger partial charge in [0, 0.05) is 23.0 Å². The Balaban J connectivity index is 1.48. The summed E-state index contributed by atoms with van der Waals surface area (Å²) >= 11 is 0. The molecule has 3 aromatic carbocycles. The van der Waals surface area contributed by atoms with Crippen LogP contribution in [-0.4, -0.2) is 19.3 Å². The highest BCUT2D eigenvalue weighted by Gasteiger charge is 2.29. The van der Waals surface area contributed by atoms with Crippen LogP contribution in [0.5, 0.6) is 0 Å². The summed E-state index contributed by atoms with van der Waals surface area (Å²) in [5.74, 6) is -0.867. The number of rotatable bonds is 8. The zero-order valence-corrected chi connectivity index (χ0v) is 22.7. The Morgan fingerprint density at radius 2 is 1.79 bits per heavy atom. The molecule has 1 aliphatic rings. The van der Waals surface area contributed by atoms with Crippen LogP contribution >= 0.6 is 0 Å². The molecule has 0 radical (unpaired) electrons. The standard InChI is InChI=1S/C31H30FN3O3S/c1-3-22-10-15-28(16-11-22)39(37,38)34-30-17-13-23-12-14-27(19-29(23)30)35(20-26-9-4-6-21(2)33-26)31(36)24-7-5-8-25(32)18-24/h4-12,14-16,18-19,30,34H,3,13,17,20H2,1-2H3. The van der Waals surface area contributed by atoms with Crippen molar-refractivity contribution in [3.05, 3.63) is 124 Å². The smallest absolute Gasteiger partial charge is 0.258 e. The van der Waals surface area contributed by atoms with E-state index in [0.717, 1.165) is 35.2 Å². The first-order valence-electron chi connectivity index (χ1n) is 13.0. The number of aryl methyl sites for hydroxylation is 3. The molecule has 0 saturated carbocycles. The van der Waals surface area contributed by atoms with Gasteiger partial charge in [0.2, 0.25) is 10.0 Å². The Labute approximate surface area is 228 Å². The highest BCUT2D eigenvalue weighted by molar-refractivity contribution is 7.89. The molecule has 0 fully saturated rings. The molecule has 1 aromatic heterocycles. The number of halogens is 1. The zero-order valence-electron chi connectivity index (χ0n) is 21.9. The minimum absolute atomic E-state index is 0.177. The average Bonchev–Trinajstić information content (AvgIpc) is 3.32. The first-order valence-corrected chi connectivity index (χ1v) is 14.5. The number of aromatic nitrogens is 1. The topological polar surface area (TPSA) is 79.4 Å². The molecule has 8 heteroatoms. The molecule has 1 atom stereocenters. The van der Waals surface area contributed by atoms with Crippen LogP contribution in [0.1, 0.15) is 57.8 Å². The Bertz CT molecular complexity index is 1620. The fraction of sp³-hybridized carbons (Fsp3) is 0.226. The van der Waals surface area contributed by atoms with Gasteiger partial charge in [-0.1, -0.05) is 37.3 Å². The van der Waals surface area contributed by atoms with Gasteiger partial charge in [0.1, 0.15) is 5.82 Å². The van der Waals surface area contributed by atoms with Crippen molar-refractivity contribution in [3.63, 3.8) is 0 Å². The van der Waals surface area contributed by atoms with Crippen molar-refractivity contribution in [2.24, 2.45) is 0 Å². The number of amides is 1. The molecule has 39 heavy (non-hydrogen) atoms. The third-order valence-electron chi connectivity index (χ3n) is 7.04. The van der Waals surface area contributed by atoms with Crippen LogP contribution in [0.25, 0.3) is 0 Å². The quantitative estimate of drug-likeness (QED) is 0.300. The maximum atomic E-state index is 14.0. The van der Waals surface area contributed by atoms with E-state index in [9.17, 15) is 17.6 Å². The highest BCUT2D eigenvalue weighted by atomic mass is 32.2. The summed E-state index contributed by atoms with van der Waals surface area (Å²) < 4.78 is 43.2. The first kappa shape index (κ1) is 26.7. The number of carbonyl (C=O) groups excluding carboxylic acids is 1. The number of hydrogen-bond acceptors (Lipinski definition) is 4. The summed E-state index contributed by atoms with van der Waals surface area (Å²) in [6, 6.07) is 23.3. The number of hydrogen-bond donors (Lipinski definition) is 1. The van der Waals surface area contributed by atoms with Crippen molar-refractivity contribution in [3.8, 4) is 0 Å². The minimum Gasteiger partial charge on any atom is -0.302 e. The van der Waals surface area contributed by atoms with Gasteiger partial charge in [-0.25, -0.2) is 17.5 Å². The normalized spacial score (nSPS) is 14.7. The van der Waals surface area contributed by atoms with Crippen molar-refractivity contribution < 1.29 is 17.6 Å². The molecule has 0 spiro atoms. The van der Waals surface area contributed by atoms with E-state index in [1.165, 1.54) is 18.2 Å². The van der Waals surface area contributed by atoms with Crippen LogP contribution < -0.4 is 9.62 Å². The van der Waals surface area contributed by atoms with Gasteiger partial charge >= 0.3 is 0 Å². The van der Waals surface area contributed by atoms with E-state index in [2.05, 4.69) is 9.71 Å². The lowest BCUT2D eigenvalue weighted by Gasteiger charge is -2.24. The summed E-state index contributed by atoms with van der Waals surface area (Å²) in [6.45, 7) is 4.08. The van der Waals surface area contributed by atoms with Crippen molar-refractivity contribution in [1.82, 2.24) is 9.71 Å². The monoisotopic (exact) mass is 543 g/mol. The zero-order chi connectivity index (χ0) is 27.6. The van der Waals surface area contributed by atoms with Crippen LogP contribution in [0.15, 0.2) is 89.8 Å². The maximum Gasteiger partial charge on any atom is 0.258 e. The van der Waals surface area contributed by atoms with Gasteiger partial charge in [-0.2, -0.15) is 0 Å². The summed E-state index contributed by atoms with van der Waals surface area (Å²) in [7, 11) is -3.74. The number of carbonyl (C=O) groups is 1. The predicted molar refractivity (Wildman–Crippen MR) is 150 cm³/mol. The SMILES string of the molecule is CCc1ccc(S(=O)(=O)NC2CCc3ccc(N(Cc4cccc(C)n4)C(=O)c4cccc(F)c4)cc32)cc1. The van der Waals surface area contributed by atoms with Crippen LogP contribution in [0.4, 0.5) is 10.1 Å². The average molecular weight is 544 g/mol. The molecular weight excluding hydrogens is 513 g/mol.